The Labute approximate surface area is 104 Å². The van der Waals surface area contributed by atoms with E-state index in [1.165, 1.54) is 0 Å². The third-order valence-corrected chi connectivity index (χ3v) is 2.26. The average molecular weight is 252 g/mol. The molecule has 8 heteroatoms. The molecule has 2 N–H and O–H groups in total. The molecule has 18 heavy (non-hydrogen) atoms. The first kappa shape index (κ1) is 12.7. The topological polar surface area (TPSA) is 105 Å². The Balaban J connectivity index is 1.99. The van der Waals surface area contributed by atoms with Gasteiger partial charge in [0.15, 0.2) is 11.5 Å². The van der Waals surface area contributed by atoms with Gasteiger partial charge in [-0.2, -0.15) is 4.98 Å². The maximum absolute atomic E-state index is 5.43. The smallest absolute Gasteiger partial charge is 0.280 e. The molecule has 0 spiro atoms. The number of nitrogens with zero attached hydrogens (tertiary/aromatic N) is 5. The van der Waals surface area contributed by atoms with Crippen molar-refractivity contribution in [2.24, 2.45) is 5.73 Å². The molecule has 0 radical (unpaired) electrons. The lowest BCUT2D eigenvalue weighted by molar-refractivity contribution is 0.149. The number of hydrogen-bond donors (Lipinski definition) is 1. The van der Waals surface area contributed by atoms with Crippen molar-refractivity contribution < 1.29 is 9.26 Å². The summed E-state index contributed by atoms with van der Waals surface area (Å²) in [5.74, 6) is 0.969. The molecule has 0 aromatic carbocycles. The van der Waals surface area contributed by atoms with Crippen LogP contribution in [0.15, 0.2) is 10.7 Å². The minimum atomic E-state index is 0.366. The quantitative estimate of drug-likeness (QED) is 0.684. The SMILES string of the molecule is CCOCCc1noc(-c2cn(CCN)nn2)n1. The van der Waals surface area contributed by atoms with Gasteiger partial charge < -0.3 is 15.0 Å². The molecule has 2 aromatic heterocycles. The van der Waals surface area contributed by atoms with Crippen molar-refractivity contribution in [1.82, 2.24) is 25.1 Å². The Kier molecular flexibility index (Phi) is 4.37. The Morgan fingerprint density at radius 1 is 1.50 bits per heavy atom. The van der Waals surface area contributed by atoms with Gasteiger partial charge in [0.2, 0.25) is 0 Å². The van der Waals surface area contributed by atoms with Crippen molar-refractivity contribution in [2.45, 2.75) is 19.9 Å². The van der Waals surface area contributed by atoms with E-state index < -0.39 is 0 Å². The molecule has 0 saturated heterocycles. The summed E-state index contributed by atoms with van der Waals surface area (Å²) in [5.41, 5.74) is 5.98. The van der Waals surface area contributed by atoms with Gasteiger partial charge in [-0.25, -0.2) is 0 Å². The van der Waals surface area contributed by atoms with E-state index in [1.807, 2.05) is 6.92 Å². The first-order valence-corrected chi connectivity index (χ1v) is 5.84. The van der Waals surface area contributed by atoms with Crippen LogP contribution in [0.1, 0.15) is 12.7 Å². The molecule has 0 aliphatic carbocycles. The fourth-order valence-corrected chi connectivity index (χ4v) is 1.41. The zero-order chi connectivity index (χ0) is 12.8. The molecule has 8 nitrogen and oxygen atoms in total. The Morgan fingerprint density at radius 3 is 3.17 bits per heavy atom. The molecular weight excluding hydrogens is 236 g/mol. The largest absolute Gasteiger partial charge is 0.381 e. The molecule has 0 aliphatic rings. The molecule has 0 atom stereocenters. The fraction of sp³-hybridized carbons (Fsp3) is 0.600. The Hall–Kier alpha value is -1.80. The van der Waals surface area contributed by atoms with Crippen LogP contribution in [0, 0.1) is 0 Å². The summed E-state index contributed by atoms with van der Waals surface area (Å²) in [6, 6.07) is 0. The number of rotatable bonds is 7. The van der Waals surface area contributed by atoms with Gasteiger partial charge in [0.05, 0.1) is 19.3 Å². The van der Waals surface area contributed by atoms with E-state index in [2.05, 4.69) is 20.5 Å². The van der Waals surface area contributed by atoms with Crippen LogP contribution in [0.25, 0.3) is 11.6 Å². The molecule has 0 bridgehead atoms. The highest BCUT2D eigenvalue weighted by Crippen LogP contribution is 2.13. The minimum Gasteiger partial charge on any atom is -0.381 e. The van der Waals surface area contributed by atoms with Crippen LogP contribution in [0.4, 0.5) is 0 Å². The van der Waals surface area contributed by atoms with E-state index >= 15 is 0 Å². The zero-order valence-electron chi connectivity index (χ0n) is 10.2. The van der Waals surface area contributed by atoms with E-state index in [-0.39, 0.29) is 0 Å². The fourth-order valence-electron chi connectivity index (χ4n) is 1.41. The maximum Gasteiger partial charge on any atom is 0.280 e. The van der Waals surface area contributed by atoms with Crippen molar-refractivity contribution in [3.05, 3.63) is 12.0 Å². The Bertz CT molecular complexity index is 480. The Morgan fingerprint density at radius 2 is 2.39 bits per heavy atom. The normalized spacial score (nSPS) is 11.0. The summed E-state index contributed by atoms with van der Waals surface area (Å²) in [6.45, 7) is 4.31. The van der Waals surface area contributed by atoms with Crippen molar-refractivity contribution in [3.63, 3.8) is 0 Å². The van der Waals surface area contributed by atoms with Gasteiger partial charge in [0, 0.05) is 19.6 Å². The number of aromatic nitrogens is 5. The summed E-state index contributed by atoms with van der Waals surface area (Å²) < 4.78 is 12.0. The summed E-state index contributed by atoms with van der Waals surface area (Å²) in [6.07, 6.45) is 2.35. The second-order valence-corrected chi connectivity index (χ2v) is 3.62. The van der Waals surface area contributed by atoms with Gasteiger partial charge >= 0.3 is 0 Å². The molecule has 2 aromatic rings. The molecule has 0 aliphatic heterocycles. The van der Waals surface area contributed by atoms with E-state index in [1.54, 1.807) is 10.9 Å². The average Bonchev–Trinajstić information content (AvgIpc) is 2.98. The van der Waals surface area contributed by atoms with Crippen LogP contribution in [0.3, 0.4) is 0 Å². The zero-order valence-corrected chi connectivity index (χ0v) is 10.2. The first-order valence-electron chi connectivity index (χ1n) is 5.84. The number of ether oxygens (including phenoxy) is 1. The molecule has 0 saturated carbocycles. The van der Waals surface area contributed by atoms with Gasteiger partial charge in [0.1, 0.15) is 0 Å². The monoisotopic (exact) mass is 252 g/mol. The lowest BCUT2D eigenvalue weighted by Crippen LogP contribution is -2.10. The maximum atomic E-state index is 5.43. The summed E-state index contributed by atoms with van der Waals surface area (Å²) in [4.78, 5) is 4.22. The van der Waals surface area contributed by atoms with Crippen molar-refractivity contribution >= 4 is 0 Å². The first-order chi connectivity index (χ1) is 8.83. The highest BCUT2D eigenvalue weighted by Gasteiger charge is 2.12. The van der Waals surface area contributed by atoms with Crippen molar-refractivity contribution in [3.8, 4) is 11.6 Å². The number of hydrogen-bond acceptors (Lipinski definition) is 7. The minimum absolute atomic E-state index is 0.366. The highest BCUT2D eigenvalue weighted by atomic mass is 16.5. The van der Waals surface area contributed by atoms with Crippen LogP contribution < -0.4 is 5.73 Å². The molecule has 2 heterocycles. The van der Waals surface area contributed by atoms with Crippen molar-refractivity contribution in [1.29, 1.82) is 0 Å². The van der Waals surface area contributed by atoms with Gasteiger partial charge in [-0.05, 0) is 6.92 Å². The van der Waals surface area contributed by atoms with Crippen LogP contribution in [0.5, 0.6) is 0 Å². The predicted octanol–water partition coefficient (Wildman–Crippen LogP) is -0.134. The van der Waals surface area contributed by atoms with E-state index in [4.69, 9.17) is 15.0 Å². The van der Waals surface area contributed by atoms with Gasteiger partial charge in [-0.3, -0.25) is 4.68 Å². The van der Waals surface area contributed by atoms with Gasteiger partial charge in [-0.1, -0.05) is 10.4 Å². The van der Waals surface area contributed by atoms with Crippen LogP contribution in [0.2, 0.25) is 0 Å². The highest BCUT2D eigenvalue weighted by molar-refractivity contribution is 5.43. The molecule has 2 rings (SSSR count). The van der Waals surface area contributed by atoms with Crippen LogP contribution >= 0.6 is 0 Å². The third kappa shape index (κ3) is 3.11. The van der Waals surface area contributed by atoms with Crippen LogP contribution in [-0.4, -0.2) is 44.9 Å². The van der Waals surface area contributed by atoms with E-state index in [9.17, 15) is 0 Å². The van der Waals surface area contributed by atoms with Gasteiger partial charge in [-0.15, -0.1) is 5.10 Å². The van der Waals surface area contributed by atoms with Crippen molar-refractivity contribution in [2.75, 3.05) is 19.8 Å². The van der Waals surface area contributed by atoms with E-state index in [0.717, 1.165) is 0 Å². The number of nitrogens with two attached hydrogens (primary N) is 1. The second kappa shape index (κ2) is 6.22. The summed E-state index contributed by atoms with van der Waals surface area (Å²) in [5, 5.41) is 11.7. The standard InChI is InChI=1S/C10H16N6O2/c1-2-17-6-3-9-12-10(18-14-9)8-7-16(5-4-11)15-13-8/h7H,2-6,11H2,1H3. The second-order valence-electron chi connectivity index (χ2n) is 3.62. The van der Waals surface area contributed by atoms with Crippen LogP contribution in [-0.2, 0) is 17.7 Å². The summed E-state index contributed by atoms with van der Waals surface area (Å²) >= 11 is 0. The lowest BCUT2D eigenvalue weighted by atomic mass is 10.4. The molecule has 0 amide bonds. The van der Waals surface area contributed by atoms with Gasteiger partial charge in [0.25, 0.3) is 5.89 Å². The third-order valence-electron chi connectivity index (χ3n) is 2.26. The molecule has 98 valence electrons. The lowest BCUT2D eigenvalue weighted by Gasteiger charge is -1.94. The molecule has 0 fully saturated rings. The molecule has 0 unspecified atom stereocenters. The molecular formula is C10H16N6O2. The predicted molar refractivity (Wildman–Crippen MR) is 62.6 cm³/mol. The summed E-state index contributed by atoms with van der Waals surface area (Å²) in [7, 11) is 0. The van der Waals surface area contributed by atoms with E-state index in [0.29, 0.717) is 50.1 Å².